The fourth-order valence-electron chi connectivity index (χ4n) is 1.31. The van der Waals surface area contributed by atoms with E-state index in [0.29, 0.717) is 17.7 Å². The summed E-state index contributed by atoms with van der Waals surface area (Å²) in [4.78, 5) is 22.0. The van der Waals surface area contributed by atoms with Crippen LogP contribution >= 0.6 is 0 Å². The summed E-state index contributed by atoms with van der Waals surface area (Å²) >= 11 is 0. The van der Waals surface area contributed by atoms with Crippen LogP contribution in [0.4, 0.5) is 0 Å². The lowest BCUT2D eigenvalue weighted by Crippen LogP contribution is -2.19. The predicted octanol–water partition coefficient (Wildman–Crippen LogP) is 1.59. The molecule has 0 spiro atoms. The molecule has 0 saturated heterocycles. The number of allylic oxidation sites excluding steroid dienone is 1. The van der Waals surface area contributed by atoms with E-state index in [9.17, 15) is 9.59 Å². The summed E-state index contributed by atoms with van der Waals surface area (Å²) in [7, 11) is 0. The highest BCUT2D eigenvalue weighted by molar-refractivity contribution is 5.97. The Kier molecular flexibility index (Phi) is 3.11. The first kappa shape index (κ1) is 10.6. The van der Waals surface area contributed by atoms with Gasteiger partial charge in [0.1, 0.15) is 6.10 Å². The Morgan fingerprint density at radius 3 is 2.64 bits per heavy atom. The first-order valence-electron chi connectivity index (χ1n) is 4.42. The maximum atomic E-state index is 11.3. The van der Waals surface area contributed by atoms with Gasteiger partial charge in [-0.1, -0.05) is 6.92 Å². The van der Waals surface area contributed by atoms with Gasteiger partial charge in [-0.25, -0.2) is 0 Å². The Morgan fingerprint density at radius 2 is 2.14 bits per heavy atom. The molecule has 5 heteroatoms. The van der Waals surface area contributed by atoms with Crippen molar-refractivity contribution in [3.63, 3.8) is 0 Å². The molecule has 0 N–H and O–H groups in total. The minimum absolute atomic E-state index is 0.391. The maximum absolute atomic E-state index is 11.3. The maximum Gasteiger partial charge on any atom is 0.303 e. The lowest BCUT2D eigenvalue weighted by atomic mass is 10.1. The molecule has 0 aliphatic carbocycles. The molecule has 76 valence electrons. The van der Waals surface area contributed by atoms with E-state index in [1.165, 1.54) is 6.92 Å². The fourth-order valence-corrected chi connectivity index (χ4v) is 1.31. The molecule has 0 aromatic rings. The number of hydrogen-bond acceptors (Lipinski definition) is 4. The average Bonchev–Trinajstić information content (AvgIpc) is 2.45. The van der Waals surface area contributed by atoms with Crippen LogP contribution in [0.5, 0.6) is 0 Å². The van der Waals surface area contributed by atoms with Gasteiger partial charge < -0.3 is 4.74 Å². The highest BCUT2D eigenvalue weighted by Gasteiger charge is 2.27. The number of amides is 1. The molecular weight excluding hydrogens is 184 g/mol. The molecule has 0 saturated carbocycles. The molecule has 0 radical (unpaired) electrons. The molecule has 1 aliphatic rings. The molecule has 1 rings (SSSR count). The van der Waals surface area contributed by atoms with E-state index in [4.69, 9.17) is 4.74 Å². The predicted molar refractivity (Wildman–Crippen MR) is 48.4 cm³/mol. The molecule has 1 unspecified atom stereocenters. The van der Waals surface area contributed by atoms with Crippen LogP contribution in [0.15, 0.2) is 21.5 Å². The molecule has 0 aromatic heterocycles. The number of rotatable bonds is 3. The zero-order valence-electron chi connectivity index (χ0n) is 8.40. The summed E-state index contributed by atoms with van der Waals surface area (Å²) in [6.45, 7) is 4.81. The molecular formula is C9H12N2O3. The summed E-state index contributed by atoms with van der Waals surface area (Å²) in [5.74, 6) is -0.823. The van der Waals surface area contributed by atoms with Crippen LogP contribution in [0.25, 0.3) is 0 Å². The Morgan fingerprint density at radius 1 is 1.50 bits per heavy atom. The number of carbonyl (C=O) groups is 2. The number of hydrogen-bond donors (Lipinski definition) is 0. The third-order valence-electron chi connectivity index (χ3n) is 1.89. The van der Waals surface area contributed by atoms with E-state index in [2.05, 4.69) is 10.2 Å². The van der Waals surface area contributed by atoms with Gasteiger partial charge in [-0.2, -0.15) is 5.11 Å². The Labute approximate surface area is 81.8 Å². The summed E-state index contributed by atoms with van der Waals surface area (Å²) in [5, 5.41) is 7.13. The van der Waals surface area contributed by atoms with Crippen LogP contribution in [0.1, 0.15) is 27.2 Å². The third-order valence-corrected chi connectivity index (χ3v) is 1.89. The molecule has 0 aromatic carbocycles. The van der Waals surface area contributed by atoms with Gasteiger partial charge in [-0.05, 0) is 13.3 Å². The molecule has 1 heterocycles. The van der Waals surface area contributed by atoms with Crippen molar-refractivity contribution >= 4 is 11.9 Å². The topological polar surface area (TPSA) is 68.1 Å². The van der Waals surface area contributed by atoms with Crippen molar-refractivity contribution in [2.24, 2.45) is 10.2 Å². The van der Waals surface area contributed by atoms with Gasteiger partial charge in [0.05, 0.1) is 11.3 Å². The number of ether oxygens (including phenoxy) is 1. The van der Waals surface area contributed by atoms with Crippen LogP contribution in [0.2, 0.25) is 0 Å². The summed E-state index contributed by atoms with van der Waals surface area (Å²) in [6.07, 6.45) is 0.0425. The van der Waals surface area contributed by atoms with E-state index >= 15 is 0 Å². The van der Waals surface area contributed by atoms with E-state index in [1.54, 1.807) is 6.92 Å². The van der Waals surface area contributed by atoms with Gasteiger partial charge in [0.25, 0.3) is 5.91 Å². The normalized spacial score (nSPS) is 17.5. The zero-order chi connectivity index (χ0) is 10.7. The highest BCUT2D eigenvalue weighted by Crippen LogP contribution is 2.23. The second-order valence-electron chi connectivity index (χ2n) is 2.97. The third kappa shape index (κ3) is 2.04. The second kappa shape index (κ2) is 4.13. The van der Waals surface area contributed by atoms with Gasteiger partial charge in [0.2, 0.25) is 0 Å². The molecule has 0 bridgehead atoms. The molecule has 0 fully saturated rings. The van der Waals surface area contributed by atoms with Gasteiger partial charge >= 0.3 is 5.97 Å². The van der Waals surface area contributed by atoms with E-state index < -0.39 is 18.0 Å². The Bertz CT molecular complexity index is 331. The first-order valence-corrected chi connectivity index (χ1v) is 4.42. The van der Waals surface area contributed by atoms with Crippen molar-refractivity contribution in [3.8, 4) is 0 Å². The van der Waals surface area contributed by atoms with Gasteiger partial charge in [0, 0.05) is 6.92 Å². The monoisotopic (exact) mass is 196 g/mol. The van der Waals surface area contributed by atoms with Crippen molar-refractivity contribution in [2.75, 3.05) is 0 Å². The molecule has 14 heavy (non-hydrogen) atoms. The number of azo groups is 1. The fraction of sp³-hybridized carbons (Fsp3) is 0.556. The second-order valence-corrected chi connectivity index (χ2v) is 2.97. The minimum Gasteiger partial charge on any atom is -0.458 e. The van der Waals surface area contributed by atoms with Gasteiger partial charge in [-0.15, -0.1) is 5.11 Å². The number of nitrogens with zero attached hydrogens (tertiary/aromatic N) is 2. The molecule has 1 amide bonds. The SMILES string of the molecule is CCC1=C(C(C)OC(C)=O)C(=O)N=N1. The van der Waals surface area contributed by atoms with Crippen molar-refractivity contribution < 1.29 is 14.3 Å². The van der Waals surface area contributed by atoms with Crippen molar-refractivity contribution in [3.05, 3.63) is 11.3 Å². The van der Waals surface area contributed by atoms with E-state index in [1.807, 2.05) is 6.92 Å². The summed E-state index contributed by atoms with van der Waals surface area (Å²) in [6, 6.07) is 0. The Hall–Kier alpha value is -1.52. The quantitative estimate of drug-likeness (QED) is 0.643. The number of esters is 1. The van der Waals surface area contributed by atoms with E-state index in [-0.39, 0.29) is 0 Å². The molecule has 1 aliphatic heterocycles. The Balaban J connectivity index is 2.85. The largest absolute Gasteiger partial charge is 0.458 e. The lowest BCUT2D eigenvalue weighted by Gasteiger charge is -2.11. The zero-order valence-corrected chi connectivity index (χ0v) is 8.40. The van der Waals surface area contributed by atoms with Crippen LogP contribution in [-0.4, -0.2) is 18.0 Å². The number of carbonyl (C=O) groups excluding carboxylic acids is 2. The van der Waals surface area contributed by atoms with Crippen LogP contribution < -0.4 is 0 Å². The van der Waals surface area contributed by atoms with Gasteiger partial charge in [0.15, 0.2) is 0 Å². The van der Waals surface area contributed by atoms with E-state index in [0.717, 1.165) is 0 Å². The van der Waals surface area contributed by atoms with Crippen LogP contribution in [0.3, 0.4) is 0 Å². The summed E-state index contributed by atoms with van der Waals surface area (Å²) in [5.41, 5.74) is 0.992. The van der Waals surface area contributed by atoms with Crippen molar-refractivity contribution in [1.82, 2.24) is 0 Å². The van der Waals surface area contributed by atoms with Crippen LogP contribution in [0, 0.1) is 0 Å². The minimum atomic E-state index is -0.565. The smallest absolute Gasteiger partial charge is 0.303 e. The molecule has 5 nitrogen and oxygen atoms in total. The highest BCUT2D eigenvalue weighted by atomic mass is 16.5. The van der Waals surface area contributed by atoms with Crippen molar-refractivity contribution in [1.29, 1.82) is 0 Å². The first-order chi connectivity index (χ1) is 6.56. The van der Waals surface area contributed by atoms with Crippen LogP contribution in [-0.2, 0) is 14.3 Å². The van der Waals surface area contributed by atoms with Gasteiger partial charge in [-0.3, -0.25) is 9.59 Å². The summed E-state index contributed by atoms with van der Waals surface area (Å²) < 4.78 is 4.90. The standard InChI is InChI=1S/C9H12N2O3/c1-4-7-8(9(13)11-10-7)5(2)14-6(3)12/h5H,4H2,1-3H3. The van der Waals surface area contributed by atoms with Crippen molar-refractivity contribution in [2.45, 2.75) is 33.3 Å². The average molecular weight is 196 g/mol. The lowest BCUT2D eigenvalue weighted by molar-refractivity contribution is -0.144. The molecule has 1 atom stereocenters.